The maximum absolute atomic E-state index is 13.1. The van der Waals surface area contributed by atoms with E-state index in [1.807, 2.05) is 36.4 Å². The van der Waals surface area contributed by atoms with Crippen LogP contribution in [0, 0.1) is 0 Å². The van der Waals surface area contributed by atoms with Gasteiger partial charge in [0.15, 0.2) is 0 Å². The van der Waals surface area contributed by atoms with Gasteiger partial charge in [-0.3, -0.25) is 4.98 Å². The highest BCUT2D eigenvalue weighted by atomic mass is 35.5. The Labute approximate surface area is 201 Å². The maximum Gasteiger partial charge on any atom is 0.323 e. The molecule has 0 radical (unpaired) electrons. The fraction of sp³-hybridized carbons (Fsp3) is 0.357. The number of urea groups is 1. The largest absolute Gasteiger partial charge is 0.323 e. The van der Waals surface area contributed by atoms with E-state index >= 15 is 0 Å². The lowest BCUT2D eigenvalue weighted by atomic mass is 9.86. The van der Waals surface area contributed by atoms with Crippen molar-refractivity contribution in [3.63, 3.8) is 0 Å². The Balaban J connectivity index is 1.66. The van der Waals surface area contributed by atoms with Crippen molar-refractivity contribution in [1.82, 2.24) is 4.98 Å². The van der Waals surface area contributed by atoms with Gasteiger partial charge in [-0.1, -0.05) is 81.1 Å². The molecule has 172 valence electrons. The number of pyridine rings is 1. The van der Waals surface area contributed by atoms with Crippen LogP contribution in [0.15, 0.2) is 54.6 Å². The van der Waals surface area contributed by atoms with Crippen LogP contribution in [0.5, 0.6) is 0 Å². The fourth-order valence-electron chi connectivity index (χ4n) is 4.73. The molecule has 1 aliphatic carbocycles. The second-order valence-corrected chi connectivity index (χ2v) is 9.09. The topological polar surface area (TPSA) is 54.0 Å². The van der Waals surface area contributed by atoms with Gasteiger partial charge < -0.3 is 10.6 Å². The van der Waals surface area contributed by atoms with Gasteiger partial charge in [0.2, 0.25) is 0 Å². The molecule has 0 aliphatic heterocycles. The zero-order chi connectivity index (χ0) is 23.2. The molecule has 2 N–H and O–H groups in total. The molecule has 0 bridgehead atoms. The normalized spacial score (nSPS) is 14.2. The summed E-state index contributed by atoms with van der Waals surface area (Å²) in [5.74, 6) is 0.464. The van der Waals surface area contributed by atoms with Crippen LogP contribution in [0.4, 0.5) is 16.2 Å². The Bertz CT molecular complexity index is 1100. The molecule has 0 saturated heterocycles. The number of benzene rings is 2. The molecule has 0 atom stereocenters. The highest BCUT2D eigenvalue weighted by molar-refractivity contribution is 6.33. The Morgan fingerprint density at radius 2 is 1.61 bits per heavy atom. The molecular formula is C28H32ClN3O. The smallest absolute Gasteiger partial charge is 0.307 e. The molecule has 4 nitrogen and oxygen atoms in total. The third-order valence-corrected chi connectivity index (χ3v) is 6.88. The van der Waals surface area contributed by atoms with Crippen LogP contribution in [0.3, 0.4) is 0 Å². The lowest BCUT2D eigenvalue weighted by molar-refractivity contribution is 0.262. The van der Waals surface area contributed by atoms with Crippen molar-refractivity contribution in [3.05, 3.63) is 76.4 Å². The first-order valence-electron chi connectivity index (χ1n) is 12.0. The van der Waals surface area contributed by atoms with Crippen LogP contribution in [0.2, 0.25) is 5.02 Å². The summed E-state index contributed by atoms with van der Waals surface area (Å²) in [6.45, 7) is 4.20. The molecule has 33 heavy (non-hydrogen) atoms. The second kappa shape index (κ2) is 10.8. The average molecular weight is 462 g/mol. The summed E-state index contributed by atoms with van der Waals surface area (Å²) in [4.78, 5) is 18.1. The van der Waals surface area contributed by atoms with E-state index in [9.17, 15) is 4.79 Å². The maximum atomic E-state index is 13.1. The molecule has 2 amide bonds. The van der Waals surface area contributed by atoms with E-state index in [2.05, 4.69) is 42.7 Å². The van der Waals surface area contributed by atoms with E-state index in [1.165, 1.54) is 19.3 Å². The van der Waals surface area contributed by atoms with Gasteiger partial charge in [0, 0.05) is 22.9 Å². The number of aromatic nitrogens is 1. The van der Waals surface area contributed by atoms with Gasteiger partial charge in [-0.05, 0) is 55.0 Å². The first-order chi connectivity index (χ1) is 16.1. The number of halogens is 1. The van der Waals surface area contributed by atoms with Crippen molar-refractivity contribution in [3.8, 4) is 11.3 Å². The number of amides is 2. The van der Waals surface area contributed by atoms with Crippen LogP contribution in [-0.4, -0.2) is 11.0 Å². The number of nitrogens with zero attached hydrogens (tertiary/aromatic N) is 1. The number of hydrogen-bond donors (Lipinski definition) is 2. The highest BCUT2D eigenvalue weighted by Gasteiger charge is 2.20. The molecule has 3 aromatic rings. The molecule has 4 rings (SSSR count). The Hall–Kier alpha value is -2.85. The standard InChI is InChI=1S/C28H32ClN3O/c1-3-19-13-10-14-20(4-2)26(19)32-28(33)31-25-18-17-24(21-11-6-5-7-12-21)30-27(25)22-15-8-9-16-23(22)29/h8-10,13-18,21H,3-7,11-12H2,1-2H3,(H2,31,32,33). The Morgan fingerprint density at radius 1 is 0.909 bits per heavy atom. The molecule has 1 aromatic heterocycles. The number of carbonyl (C=O) groups excluding carboxylic acids is 1. The number of rotatable bonds is 6. The van der Waals surface area contributed by atoms with E-state index in [-0.39, 0.29) is 6.03 Å². The number of nitrogens with one attached hydrogen (secondary N) is 2. The minimum Gasteiger partial charge on any atom is -0.307 e. The SMILES string of the molecule is CCc1cccc(CC)c1NC(=O)Nc1ccc(C2CCCCC2)nc1-c1ccccc1Cl. The molecule has 1 fully saturated rings. The first-order valence-corrected chi connectivity index (χ1v) is 12.4. The van der Waals surface area contributed by atoms with Crippen molar-refractivity contribution >= 4 is 29.0 Å². The highest BCUT2D eigenvalue weighted by Crippen LogP contribution is 2.37. The predicted octanol–water partition coefficient (Wildman–Crippen LogP) is 8.22. The van der Waals surface area contributed by atoms with Crippen LogP contribution in [0.25, 0.3) is 11.3 Å². The molecule has 5 heteroatoms. The second-order valence-electron chi connectivity index (χ2n) is 8.68. The zero-order valence-electron chi connectivity index (χ0n) is 19.5. The van der Waals surface area contributed by atoms with E-state index in [0.29, 0.717) is 16.6 Å². The van der Waals surface area contributed by atoms with Gasteiger partial charge in [-0.15, -0.1) is 0 Å². The average Bonchev–Trinajstić information content (AvgIpc) is 2.85. The summed E-state index contributed by atoms with van der Waals surface area (Å²) in [5.41, 5.74) is 6.44. The fourth-order valence-corrected chi connectivity index (χ4v) is 4.95. The van der Waals surface area contributed by atoms with Crippen LogP contribution in [0.1, 0.15) is 68.7 Å². The molecule has 0 unspecified atom stereocenters. The molecular weight excluding hydrogens is 430 g/mol. The summed E-state index contributed by atoms with van der Waals surface area (Å²) in [7, 11) is 0. The predicted molar refractivity (Wildman–Crippen MR) is 138 cm³/mol. The summed E-state index contributed by atoms with van der Waals surface area (Å²) >= 11 is 6.55. The van der Waals surface area contributed by atoms with Crippen molar-refractivity contribution < 1.29 is 4.79 Å². The summed E-state index contributed by atoms with van der Waals surface area (Å²) in [6, 6.07) is 17.6. The number of carbonyl (C=O) groups is 1. The van der Waals surface area contributed by atoms with Crippen LogP contribution in [-0.2, 0) is 12.8 Å². The molecule has 1 heterocycles. The van der Waals surface area contributed by atoms with E-state index < -0.39 is 0 Å². The number of aryl methyl sites for hydroxylation is 2. The van der Waals surface area contributed by atoms with Gasteiger partial charge in [-0.25, -0.2) is 4.79 Å². The van der Waals surface area contributed by atoms with Gasteiger partial charge in [0.1, 0.15) is 0 Å². The van der Waals surface area contributed by atoms with Crippen LogP contribution < -0.4 is 10.6 Å². The van der Waals surface area contributed by atoms with Gasteiger partial charge in [0.05, 0.1) is 16.4 Å². The quantitative estimate of drug-likeness (QED) is 0.388. The lowest BCUT2D eigenvalue weighted by Gasteiger charge is -2.23. The van der Waals surface area contributed by atoms with E-state index in [1.54, 1.807) is 0 Å². The monoisotopic (exact) mass is 461 g/mol. The minimum atomic E-state index is -0.272. The van der Waals surface area contributed by atoms with Crippen LogP contribution >= 0.6 is 11.6 Å². The number of hydrogen-bond acceptors (Lipinski definition) is 2. The van der Waals surface area contributed by atoms with Gasteiger partial charge in [-0.2, -0.15) is 0 Å². The third kappa shape index (κ3) is 5.39. The van der Waals surface area contributed by atoms with E-state index in [0.717, 1.165) is 59.4 Å². The first kappa shape index (κ1) is 23.3. The van der Waals surface area contributed by atoms with Gasteiger partial charge >= 0.3 is 6.03 Å². The van der Waals surface area contributed by atoms with Crippen molar-refractivity contribution in [2.45, 2.75) is 64.7 Å². The van der Waals surface area contributed by atoms with Gasteiger partial charge in [0.25, 0.3) is 0 Å². The molecule has 1 aliphatic rings. The summed E-state index contributed by atoms with van der Waals surface area (Å²) in [6.07, 6.45) is 7.82. The lowest BCUT2D eigenvalue weighted by Crippen LogP contribution is -2.22. The van der Waals surface area contributed by atoms with Crippen molar-refractivity contribution in [2.75, 3.05) is 10.6 Å². The summed E-state index contributed by atoms with van der Waals surface area (Å²) in [5, 5.41) is 6.76. The zero-order valence-corrected chi connectivity index (χ0v) is 20.2. The number of anilines is 2. The Morgan fingerprint density at radius 3 is 2.27 bits per heavy atom. The number of para-hydroxylation sites is 1. The third-order valence-electron chi connectivity index (χ3n) is 6.55. The Kier molecular flexibility index (Phi) is 7.66. The summed E-state index contributed by atoms with van der Waals surface area (Å²) < 4.78 is 0. The molecule has 0 spiro atoms. The van der Waals surface area contributed by atoms with E-state index in [4.69, 9.17) is 16.6 Å². The molecule has 1 saturated carbocycles. The van der Waals surface area contributed by atoms with Crippen molar-refractivity contribution in [1.29, 1.82) is 0 Å². The minimum absolute atomic E-state index is 0.272. The molecule has 2 aromatic carbocycles. The van der Waals surface area contributed by atoms with Crippen molar-refractivity contribution in [2.24, 2.45) is 0 Å².